The van der Waals surface area contributed by atoms with Gasteiger partial charge in [0.05, 0.1) is 6.54 Å². The lowest BCUT2D eigenvalue weighted by Crippen LogP contribution is -2.32. The third-order valence-electron chi connectivity index (χ3n) is 2.48. The fraction of sp³-hybridized carbons (Fsp3) is 0.417. The lowest BCUT2D eigenvalue weighted by atomic mass is 10.1. The summed E-state index contributed by atoms with van der Waals surface area (Å²) in [7, 11) is 3.34. The molecule has 0 radical (unpaired) electrons. The third-order valence-corrected chi connectivity index (χ3v) is 2.48. The first-order valence-electron chi connectivity index (χ1n) is 5.43. The summed E-state index contributed by atoms with van der Waals surface area (Å²) >= 11 is 0. The van der Waals surface area contributed by atoms with Crippen LogP contribution in [0.1, 0.15) is 11.1 Å². The molecule has 4 nitrogen and oxygen atoms in total. The quantitative estimate of drug-likeness (QED) is 0.785. The number of hydrogen-bond donors (Lipinski definition) is 2. The van der Waals surface area contributed by atoms with Gasteiger partial charge in [0.1, 0.15) is 5.82 Å². The van der Waals surface area contributed by atoms with Crippen molar-refractivity contribution >= 4 is 5.91 Å². The Bertz CT molecular complexity index is 395. The summed E-state index contributed by atoms with van der Waals surface area (Å²) in [6.45, 7) is 1.00. The van der Waals surface area contributed by atoms with E-state index in [1.54, 1.807) is 31.1 Å². The van der Waals surface area contributed by atoms with Crippen LogP contribution in [0, 0.1) is 5.82 Å². The zero-order chi connectivity index (χ0) is 12.8. The standard InChI is InChI=1S/C12H18FN3O/c1-15-12(17)8-16(2)7-10-5-9(6-14)3-4-11(10)13/h3-5H,6-8,14H2,1-2H3,(H,15,17). The van der Waals surface area contributed by atoms with Crippen molar-refractivity contribution in [2.45, 2.75) is 13.1 Å². The lowest BCUT2D eigenvalue weighted by molar-refractivity contribution is -0.121. The smallest absolute Gasteiger partial charge is 0.233 e. The molecule has 1 rings (SSSR count). The number of carbonyl (C=O) groups is 1. The first-order valence-corrected chi connectivity index (χ1v) is 5.43. The van der Waals surface area contributed by atoms with E-state index in [2.05, 4.69) is 5.32 Å². The van der Waals surface area contributed by atoms with E-state index in [1.165, 1.54) is 6.07 Å². The normalized spacial score (nSPS) is 10.6. The minimum atomic E-state index is -0.272. The molecular weight excluding hydrogens is 221 g/mol. The highest BCUT2D eigenvalue weighted by atomic mass is 19.1. The van der Waals surface area contributed by atoms with Crippen molar-refractivity contribution in [2.24, 2.45) is 5.73 Å². The van der Waals surface area contributed by atoms with Crippen LogP contribution in [-0.2, 0) is 17.9 Å². The number of nitrogens with one attached hydrogen (secondary N) is 1. The topological polar surface area (TPSA) is 58.4 Å². The molecule has 1 amide bonds. The Labute approximate surface area is 101 Å². The minimum absolute atomic E-state index is 0.0945. The van der Waals surface area contributed by atoms with Crippen LogP contribution in [0.3, 0.4) is 0 Å². The van der Waals surface area contributed by atoms with Crippen molar-refractivity contribution in [3.63, 3.8) is 0 Å². The van der Waals surface area contributed by atoms with Crippen molar-refractivity contribution in [2.75, 3.05) is 20.6 Å². The molecule has 0 saturated heterocycles. The van der Waals surface area contributed by atoms with E-state index < -0.39 is 0 Å². The average Bonchev–Trinajstić information content (AvgIpc) is 2.31. The maximum atomic E-state index is 13.5. The van der Waals surface area contributed by atoms with Crippen molar-refractivity contribution in [3.05, 3.63) is 35.1 Å². The molecule has 0 aliphatic heterocycles. The molecule has 0 heterocycles. The largest absolute Gasteiger partial charge is 0.358 e. The molecule has 0 saturated carbocycles. The number of carbonyl (C=O) groups excluding carboxylic acids is 1. The predicted octanol–water partition coefficient (Wildman–Crippen LogP) is 0.462. The lowest BCUT2D eigenvalue weighted by Gasteiger charge is -2.16. The van der Waals surface area contributed by atoms with E-state index in [0.29, 0.717) is 18.7 Å². The van der Waals surface area contributed by atoms with Gasteiger partial charge in [-0.15, -0.1) is 0 Å². The van der Waals surface area contributed by atoms with Crippen LogP contribution in [0.15, 0.2) is 18.2 Å². The molecule has 94 valence electrons. The third kappa shape index (κ3) is 4.13. The highest BCUT2D eigenvalue weighted by Crippen LogP contribution is 2.12. The summed E-state index contributed by atoms with van der Waals surface area (Å²) in [5, 5.41) is 2.52. The van der Waals surface area contributed by atoms with Gasteiger partial charge in [-0.2, -0.15) is 0 Å². The monoisotopic (exact) mass is 239 g/mol. The van der Waals surface area contributed by atoms with E-state index in [0.717, 1.165) is 5.56 Å². The van der Waals surface area contributed by atoms with E-state index in [1.807, 2.05) is 0 Å². The summed E-state index contributed by atoms with van der Waals surface area (Å²) in [5.41, 5.74) is 6.94. The van der Waals surface area contributed by atoms with Crippen LogP contribution >= 0.6 is 0 Å². The number of halogens is 1. The number of nitrogens with two attached hydrogens (primary N) is 1. The molecule has 0 atom stereocenters. The fourth-order valence-electron chi connectivity index (χ4n) is 1.55. The number of likely N-dealkylation sites (N-methyl/N-ethyl adjacent to an activating group) is 2. The number of hydrogen-bond acceptors (Lipinski definition) is 3. The fourth-order valence-corrected chi connectivity index (χ4v) is 1.55. The van der Waals surface area contributed by atoms with Crippen LogP contribution in [0.5, 0.6) is 0 Å². The maximum absolute atomic E-state index is 13.5. The molecular formula is C12H18FN3O. The number of rotatable bonds is 5. The highest BCUT2D eigenvalue weighted by molar-refractivity contribution is 5.77. The van der Waals surface area contributed by atoms with Gasteiger partial charge in [-0.05, 0) is 18.7 Å². The van der Waals surface area contributed by atoms with E-state index >= 15 is 0 Å². The Morgan fingerprint density at radius 3 is 2.82 bits per heavy atom. The van der Waals surface area contributed by atoms with Gasteiger partial charge < -0.3 is 11.1 Å². The van der Waals surface area contributed by atoms with Crippen LogP contribution in [-0.4, -0.2) is 31.4 Å². The second-order valence-corrected chi connectivity index (χ2v) is 3.98. The maximum Gasteiger partial charge on any atom is 0.233 e. The SMILES string of the molecule is CNC(=O)CN(C)Cc1cc(CN)ccc1F. The van der Waals surface area contributed by atoms with Crippen LogP contribution in [0.25, 0.3) is 0 Å². The van der Waals surface area contributed by atoms with Gasteiger partial charge in [-0.25, -0.2) is 4.39 Å². The first-order chi connectivity index (χ1) is 8.06. The Hall–Kier alpha value is -1.46. The summed E-state index contributed by atoms with van der Waals surface area (Å²) in [5.74, 6) is -0.367. The molecule has 0 spiro atoms. The molecule has 0 bridgehead atoms. The average molecular weight is 239 g/mol. The molecule has 0 aromatic heterocycles. The van der Waals surface area contributed by atoms with Gasteiger partial charge in [0.25, 0.3) is 0 Å². The van der Waals surface area contributed by atoms with Crippen LogP contribution in [0.2, 0.25) is 0 Å². The minimum Gasteiger partial charge on any atom is -0.358 e. The van der Waals surface area contributed by atoms with E-state index in [4.69, 9.17) is 5.73 Å². The van der Waals surface area contributed by atoms with Crippen LogP contribution in [0.4, 0.5) is 4.39 Å². The number of amides is 1. The van der Waals surface area contributed by atoms with Gasteiger partial charge >= 0.3 is 0 Å². The van der Waals surface area contributed by atoms with Gasteiger partial charge in [0.15, 0.2) is 0 Å². The molecule has 0 aliphatic carbocycles. The van der Waals surface area contributed by atoms with Gasteiger partial charge in [0, 0.05) is 25.7 Å². The molecule has 0 aliphatic rings. The Balaban J connectivity index is 2.70. The number of benzene rings is 1. The number of nitrogens with zero attached hydrogens (tertiary/aromatic N) is 1. The van der Waals surface area contributed by atoms with Crippen LogP contribution < -0.4 is 11.1 Å². The Morgan fingerprint density at radius 1 is 1.53 bits per heavy atom. The predicted molar refractivity (Wildman–Crippen MR) is 64.7 cm³/mol. The van der Waals surface area contributed by atoms with Crippen molar-refractivity contribution in [1.29, 1.82) is 0 Å². The zero-order valence-corrected chi connectivity index (χ0v) is 10.2. The molecule has 3 N–H and O–H groups in total. The highest BCUT2D eigenvalue weighted by Gasteiger charge is 2.09. The van der Waals surface area contributed by atoms with E-state index in [9.17, 15) is 9.18 Å². The van der Waals surface area contributed by atoms with Crippen molar-refractivity contribution in [1.82, 2.24) is 10.2 Å². The molecule has 17 heavy (non-hydrogen) atoms. The zero-order valence-electron chi connectivity index (χ0n) is 10.2. The molecule has 0 unspecified atom stereocenters. The van der Waals surface area contributed by atoms with Gasteiger partial charge in [-0.3, -0.25) is 9.69 Å². The summed E-state index contributed by atoms with van der Waals surface area (Å²) in [4.78, 5) is 12.9. The second kappa shape index (κ2) is 6.32. The second-order valence-electron chi connectivity index (χ2n) is 3.98. The summed E-state index contributed by atoms with van der Waals surface area (Å²) in [6, 6.07) is 4.80. The van der Waals surface area contributed by atoms with E-state index in [-0.39, 0.29) is 18.3 Å². The molecule has 1 aromatic rings. The summed E-state index contributed by atoms with van der Waals surface area (Å²) in [6.07, 6.45) is 0. The van der Waals surface area contributed by atoms with Gasteiger partial charge in [0.2, 0.25) is 5.91 Å². The summed E-state index contributed by atoms with van der Waals surface area (Å²) < 4.78 is 13.5. The van der Waals surface area contributed by atoms with Gasteiger partial charge in [-0.1, -0.05) is 12.1 Å². The first kappa shape index (κ1) is 13.6. The Kier molecular flexibility index (Phi) is 5.06. The van der Waals surface area contributed by atoms with Crippen molar-refractivity contribution < 1.29 is 9.18 Å². The molecule has 5 heteroatoms. The molecule has 1 aromatic carbocycles. The molecule has 0 fully saturated rings. The van der Waals surface area contributed by atoms with Crippen molar-refractivity contribution in [3.8, 4) is 0 Å². The Morgan fingerprint density at radius 2 is 2.24 bits per heavy atom.